The van der Waals surface area contributed by atoms with E-state index in [1.54, 1.807) is 18.3 Å². The van der Waals surface area contributed by atoms with Crippen LogP contribution in [0.5, 0.6) is 0 Å². The molecule has 2 unspecified atom stereocenters. The number of carbonyl (C=O) groups excluding carboxylic acids is 1. The van der Waals surface area contributed by atoms with Crippen LogP contribution in [0.15, 0.2) is 41.8 Å². The SMILES string of the molecule is CC(CNC(=O)NCC(C)(O)c1ccc(F)cc1)c1cccs1. The van der Waals surface area contributed by atoms with Gasteiger partial charge in [0.25, 0.3) is 0 Å². The number of hydrogen-bond donors (Lipinski definition) is 3. The quantitative estimate of drug-likeness (QED) is 0.759. The summed E-state index contributed by atoms with van der Waals surface area (Å²) < 4.78 is 12.9. The molecule has 0 aliphatic rings. The summed E-state index contributed by atoms with van der Waals surface area (Å²) in [6, 6.07) is 9.27. The van der Waals surface area contributed by atoms with Crippen LogP contribution in [0, 0.1) is 5.82 Å². The lowest BCUT2D eigenvalue weighted by molar-refractivity contribution is 0.0593. The van der Waals surface area contributed by atoms with Crippen LogP contribution in [0.4, 0.5) is 9.18 Å². The van der Waals surface area contributed by atoms with Gasteiger partial charge in [-0.15, -0.1) is 11.3 Å². The first kappa shape index (κ1) is 17.4. The molecule has 1 aromatic heterocycles. The molecule has 0 aliphatic heterocycles. The lowest BCUT2D eigenvalue weighted by Crippen LogP contribution is -2.44. The average molecular weight is 336 g/mol. The molecule has 4 nitrogen and oxygen atoms in total. The summed E-state index contributed by atoms with van der Waals surface area (Å²) in [5.41, 5.74) is -0.712. The predicted molar refractivity (Wildman–Crippen MR) is 90.1 cm³/mol. The number of amides is 2. The second kappa shape index (κ2) is 7.57. The molecule has 3 N–H and O–H groups in total. The van der Waals surface area contributed by atoms with E-state index in [0.717, 1.165) is 0 Å². The summed E-state index contributed by atoms with van der Waals surface area (Å²) in [4.78, 5) is 13.1. The highest BCUT2D eigenvalue weighted by Gasteiger charge is 2.23. The highest BCUT2D eigenvalue weighted by molar-refractivity contribution is 7.10. The number of nitrogens with one attached hydrogen (secondary N) is 2. The van der Waals surface area contributed by atoms with Gasteiger partial charge < -0.3 is 15.7 Å². The van der Waals surface area contributed by atoms with Crippen LogP contribution in [0.3, 0.4) is 0 Å². The van der Waals surface area contributed by atoms with Crippen LogP contribution < -0.4 is 10.6 Å². The number of rotatable bonds is 6. The maximum atomic E-state index is 12.9. The van der Waals surface area contributed by atoms with Crippen molar-refractivity contribution in [2.45, 2.75) is 25.4 Å². The highest BCUT2D eigenvalue weighted by Crippen LogP contribution is 2.20. The summed E-state index contributed by atoms with van der Waals surface area (Å²) in [5.74, 6) is -0.129. The first-order valence-electron chi connectivity index (χ1n) is 7.42. The first-order chi connectivity index (χ1) is 10.9. The monoisotopic (exact) mass is 336 g/mol. The van der Waals surface area contributed by atoms with Gasteiger partial charge in [-0.2, -0.15) is 0 Å². The largest absolute Gasteiger partial charge is 0.384 e. The fourth-order valence-electron chi connectivity index (χ4n) is 2.14. The van der Waals surface area contributed by atoms with Crippen LogP contribution in [0.1, 0.15) is 30.2 Å². The molecule has 2 atom stereocenters. The number of aliphatic hydroxyl groups is 1. The van der Waals surface area contributed by atoms with Crippen molar-refractivity contribution in [3.63, 3.8) is 0 Å². The van der Waals surface area contributed by atoms with E-state index < -0.39 is 5.60 Å². The lowest BCUT2D eigenvalue weighted by atomic mass is 9.96. The number of carbonyl (C=O) groups is 1. The predicted octanol–water partition coefficient (Wildman–Crippen LogP) is 3.20. The van der Waals surface area contributed by atoms with Crippen molar-refractivity contribution in [3.8, 4) is 0 Å². The van der Waals surface area contributed by atoms with Gasteiger partial charge in [-0.05, 0) is 36.1 Å². The first-order valence-corrected chi connectivity index (χ1v) is 8.30. The summed E-state index contributed by atoms with van der Waals surface area (Å²) in [7, 11) is 0. The Hall–Kier alpha value is -1.92. The van der Waals surface area contributed by atoms with E-state index in [1.165, 1.54) is 29.1 Å². The molecule has 1 aromatic carbocycles. The number of thiophene rings is 1. The zero-order valence-corrected chi connectivity index (χ0v) is 14.0. The Kier molecular flexibility index (Phi) is 5.74. The highest BCUT2D eigenvalue weighted by atomic mass is 32.1. The van der Waals surface area contributed by atoms with Crippen molar-refractivity contribution in [1.82, 2.24) is 10.6 Å². The maximum Gasteiger partial charge on any atom is 0.314 e. The summed E-state index contributed by atoms with van der Waals surface area (Å²) in [6.45, 7) is 4.18. The van der Waals surface area contributed by atoms with E-state index in [4.69, 9.17) is 0 Å². The molecule has 6 heteroatoms. The third-order valence-corrected chi connectivity index (χ3v) is 4.76. The van der Waals surface area contributed by atoms with Gasteiger partial charge in [-0.3, -0.25) is 0 Å². The minimum atomic E-state index is -1.26. The fraction of sp³-hybridized carbons (Fsp3) is 0.353. The maximum absolute atomic E-state index is 12.9. The van der Waals surface area contributed by atoms with Gasteiger partial charge in [0, 0.05) is 17.3 Å². The number of hydrogen-bond acceptors (Lipinski definition) is 3. The Bertz CT molecular complexity index is 627. The molecule has 124 valence electrons. The summed E-state index contributed by atoms with van der Waals surface area (Å²) in [6.07, 6.45) is 0. The van der Waals surface area contributed by atoms with E-state index in [-0.39, 0.29) is 24.3 Å². The van der Waals surface area contributed by atoms with Crippen LogP contribution in [-0.4, -0.2) is 24.2 Å². The van der Waals surface area contributed by atoms with E-state index in [2.05, 4.69) is 10.6 Å². The van der Waals surface area contributed by atoms with Crippen LogP contribution >= 0.6 is 11.3 Å². The molecule has 2 aromatic rings. The average Bonchev–Trinajstić information content (AvgIpc) is 3.05. The van der Waals surface area contributed by atoms with Gasteiger partial charge in [0.15, 0.2) is 0 Å². The van der Waals surface area contributed by atoms with Crippen molar-refractivity contribution in [1.29, 1.82) is 0 Å². The normalized spacial score (nSPS) is 14.8. The Labute approximate surface area is 139 Å². The van der Waals surface area contributed by atoms with Gasteiger partial charge in [-0.25, -0.2) is 9.18 Å². The van der Waals surface area contributed by atoms with Crippen molar-refractivity contribution >= 4 is 17.4 Å². The molecule has 23 heavy (non-hydrogen) atoms. The molecule has 0 aliphatic carbocycles. The second-order valence-electron chi connectivity index (χ2n) is 5.76. The molecule has 2 rings (SSSR count). The van der Waals surface area contributed by atoms with Crippen molar-refractivity contribution in [2.24, 2.45) is 0 Å². The summed E-state index contributed by atoms with van der Waals surface area (Å²) in [5, 5.41) is 17.8. The van der Waals surface area contributed by atoms with E-state index in [1.807, 2.05) is 24.4 Å². The van der Waals surface area contributed by atoms with E-state index in [0.29, 0.717) is 12.1 Å². The van der Waals surface area contributed by atoms with Gasteiger partial charge in [0.1, 0.15) is 11.4 Å². The summed E-state index contributed by atoms with van der Waals surface area (Å²) >= 11 is 1.66. The van der Waals surface area contributed by atoms with Crippen LogP contribution in [-0.2, 0) is 5.60 Å². The van der Waals surface area contributed by atoms with E-state index in [9.17, 15) is 14.3 Å². The van der Waals surface area contributed by atoms with Crippen LogP contribution in [0.25, 0.3) is 0 Å². The molecule has 0 spiro atoms. The Morgan fingerprint density at radius 1 is 1.30 bits per heavy atom. The zero-order valence-electron chi connectivity index (χ0n) is 13.2. The fourth-order valence-corrected chi connectivity index (χ4v) is 2.93. The van der Waals surface area contributed by atoms with Crippen molar-refractivity contribution in [2.75, 3.05) is 13.1 Å². The molecule has 0 bridgehead atoms. The number of urea groups is 1. The Morgan fingerprint density at radius 2 is 2.00 bits per heavy atom. The third kappa shape index (κ3) is 5.04. The minimum Gasteiger partial charge on any atom is -0.384 e. The van der Waals surface area contributed by atoms with E-state index >= 15 is 0 Å². The molecule has 1 heterocycles. The third-order valence-electron chi connectivity index (χ3n) is 3.66. The Balaban J connectivity index is 1.80. The minimum absolute atomic E-state index is 0.0395. The molecule has 0 saturated heterocycles. The van der Waals surface area contributed by atoms with Crippen LogP contribution in [0.2, 0.25) is 0 Å². The standard InChI is InChI=1S/C17H21FN2O2S/c1-12(15-4-3-9-23-15)10-19-16(21)20-11-17(2,22)13-5-7-14(18)8-6-13/h3-9,12,22H,10-11H2,1-2H3,(H2,19,20,21). The van der Waals surface area contributed by atoms with Crippen molar-refractivity contribution in [3.05, 3.63) is 58.0 Å². The van der Waals surface area contributed by atoms with Gasteiger partial charge in [-0.1, -0.05) is 25.1 Å². The van der Waals surface area contributed by atoms with Crippen molar-refractivity contribution < 1.29 is 14.3 Å². The van der Waals surface area contributed by atoms with Gasteiger partial charge in [0.2, 0.25) is 0 Å². The second-order valence-corrected chi connectivity index (χ2v) is 6.74. The number of halogens is 1. The lowest BCUT2D eigenvalue weighted by Gasteiger charge is -2.24. The van der Waals surface area contributed by atoms with Gasteiger partial charge in [0.05, 0.1) is 6.54 Å². The molecular weight excluding hydrogens is 315 g/mol. The molecule has 0 radical (unpaired) electrons. The topological polar surface area (TPSA) is 61.4 Å². The molecule has 0 saturated carbocycles. The smallest absolute Gasteiger partial charge is 0.314 e. The Morgan fingerprint density at radius 3 is 2.61 bits per heavy atom. The zero-order chi connectivity index (χ0) is 16.9. The molecule has 2 amide bonds. The molecule has 0 fully saturated rings. The van der Waals surface area contributed by atoms with Gasteiger partial charge >= 0.3 is 6.03 Å². The number of benzene rings is 1. The molecular formula is C17H21FN2O2S.